The van der Waals surface area contributed by atoms with E-state index in [1.807, 2.05) is 10.2 Å². The summed E-state index contributed by atoms with van der Waals surface area (Å²) in [5.74, 6) is -1.73. The molecule has 2 atom stereocenters. The summed E-state index contributed by atoms with van der Waals surface area (Å²) in [6.07, 6.45) is -0.218. The molecule has 2 aliphatic rings. The van der Waals surface area contributed by atoms with Crippen LogP contribution in [0.25, 0.3) is 0 Å². The van der Waals surface area contributed by atoms with Gasteiger partial charge < -0.3 is 25.0 Å². The fourth-order valence-electron chi connectivity index (χ4n) is 3.50. The summed E-state index contributed by atoms with van der Waals surface area (Å²) in [5, 5.41) is 14.3. The molecule has 2 heterocycles. The van der Waals surface area contributed by atoms with Crippen LogP contribution in [0.1, 0.15) is 13.3 Å². The molecule has 4 amide bonds. The number of ether oxygens (including phenoxy) is 1. The van der Waals surface area contributed by atoms with Gasteiger partial charge in [-0.15, -0.1) is 0 Å². The van der Waals surface area contributed by atoms with E-state index in [4.69, 9.17) is 4.74 Å². The third kappa shape index (κ3) is 4.01. The Labute approximate surface area is 161 Å². The molecule has 0 spiro atoms. The Kier molecular flexibility index (Phi) is 5.41. The number of hydrogen-bond donors (Lipinski definition) is 3. The first kappa shape index (κ1) is 19.9. The third-order valence-corrected chi connectivity index (χ3v) is 4.99. The van der Waals surface area contributed by atoms with E-state index in [0.29, 0.717) is 37.6 Å². The van der Waals surface area contributed by atoms with Gasteiger partial charge in [-0.05, 0) is 6.07 Å². The van der Waals surface area contributed by atoms with Crippen molar-refractivity contribution in [2.45, 2.75) is 19.1 Å². The van der Waals surface area contributed by atoms with Crippen molar-refractivity contribution in [2.24, 2.45) is 5.92 Å². The maximum atomic E-state index is 13.7. The van der Waals surface area contributed by atoms with Crippen molar-refractivity contribution in [3.05, 3.63) is 24.0 Å². The number of aliphatic hydroxyl groups is 1. The van der Waals surface area contributed by atoms with Gasteiger partial charge >= 0.3 is 6.03 Å². The van der Waals surface area contributed by atoms with Crippen LogP contribution in [-0.4, -0.2) is 66.9 Å². The first-order chi connectivity index (χ1) is 13.2. The number of urea groups is 1. The predicted molar refractivity (Wildman–Crippen MR) is 97.2 cm³/mol. The number of benzene rings is 1. The summed E-state index contributed by atoms with van der Waals surface area (Å²) in [7, 11) is 1.47. The average molecular weight is 394 g/mol. The zero-order valence-corrected chi connectivity index (χ0v) is 15.7. The van der Waals surface area contributed by atoms with Crippen LogP contribution in [0.2, 0.25) is 0 Å². The second-order valence-electron chi connectivity index (χ2n) is 7.04. The summed E-state index contributed by atoms with van der Waals surface area (Å²) >= 11 is 0. The van der Waals surface area contributed by atoms with E-state index in [1.54, 1.807) is 17.9 Å². The first-order valence-corrected chi connectivity index (χ1v) is 8.96. The molecule has 3 N–H and O–H groups in total. The molecule has 3 rings (SSSR count). The number of piperazine rings is 1. The molecule has 0 radical (unpaired) electrons. The lowest BCUT2D eigenvalue weighted by Gasteiger charge is -2.37. The molecule has 9 nitrogen and oxygen atoms in total. The average Bonchev–Trinajstić information content (AvgIpc) is 2.91. The van der Waals surface area contributed by atoms with E-state index in [2.05, 4.69) is 5.32 Å². The van der Waals surface area contributed by atoms with Gasteiger partial charge in [-0.2, -0.15) is 0 Å². The number of rotatable bonds is 5. The molecule has 10 heteroatoms. The summed E-state index contributed by atoms with van der Waals surface area (Å²) in [6, 6.07) is 3.67. The minimum Gasteiger partial charge on any atom is -0.497 e. The Morgan fingerprint density at radius 2 is 1.96 bits per heavy atom. The Bertz CT molecular complexity index is 796. The number of hydrogen-bond acceptors (Lipinski definition) is 6. The zero-order valence-electron chi connectivity index (χ0n) is 15.7. The quantitative estimate of drug-likeness (QED) is 0.608. The number of carbonyl (C=O) groups is 3. The fourth-order valence-corrected chi connectivity index (χ4v) is 3.50. The molecule has 2 fully saturated rings. The topological polar surface area (TPSA) is 111 Å². The van der Waals surface area contributed by atoms with Crippen LogP contribution < -0.4 is 20.3 Å². The normalized spacial score (nSPS) is 23.3. The van der Waals surface area contributed by atoms with Gasteiger partial charge in [0.1, 0.15) is 11.6 Å². The highest BCUT2D eigenvalue weighted by atomic mass is 19.1. The highest BCUT2D eigenvalue weighted by molar-refractivity contribution is 6.06. The summed E-state index contributed by atoms with van der Waals surface area (Å²) in [6.45, 7) is 3.44. The Balaban J connectivity index is 1.58. The van der Waals surface area contributed by atoms with E-state index in [9.17, 15) is 23.9 Å². The number of methoxy groups -OCH3 is 1. The number of amides is 4. The minimum absolute atomic E-state index is 0.218. The smallest absolute Gasteiger partial charge is 0.324 e. The maximum Gasteiger partial charge on any atom is 0.324 e. The molecule has 0 unspecified atom stereocenters. The van der Waals surface area contributed by atoms with Crippen LogP contribution in [-0.2, 0) is 9.59 Å². The highest BCUT2D eigenvalue weighted by Gasteiger charge is 2.46. The van der Waals surface area contributed by atoms with E-state index < -0.39 is 29.4 Å². The molecule has 0 bridgehead atoms. The molecule has 152 valence electrons. The van der Waals surface area contributed by atoms with Gasteiger partial charge in [0.2, 0.25) is 11.6 Å². The van der Waals surface area contributed by atoms with Crippen molar-refractivity contribution >= 4 is 23.5 Å². The second-order valence-corrected chi connectivity index (χ2v) is 7.04. The largest absolute Gasteiger partial charge is 0.497 e. The molecule has 0 aliphatic carbocycles. The van der Waals surface area contributed by atoms with Gasteiger partial charge in [-0.3, -0.25) is 14.9 Å². The van der Waals surface area contributed by atoms with Crippen molar-refractivity contribution in [2.75, 3.05) is 38.2 Å². The van der Waals surface area contributed by atoms with Crippen molar-refractivity contribution < 1.29 is 28.6 Å². The number of anilines is 1. The van der Waals surface area contributed by atoms with Crippen molar-refractivity contribution in [3.8, 4) is 5.75 Å². The van der Waals surface area contributed by atoms with Crippen LogP contribution in [0.3, 0.4) is 0 Å². The molecule has 1 aromatic carbocycles. The molecule has 2 aliphatic heterocycles. The molecule has 2 saturated heterocycles. The lowest BCUT2D eigenvalue weighted by Crippen LogP contribution is -2.53. The third-order valence-electron chi connectivity index (χ3n) is 4.99. The SMILES string of the molecule is COc1cc(F)cc(N2CCN(C(=O)[C@H](C)C[C@@]3(O)NC(=O)NC3=O)CC2)c1. The lowest BCUT2D eigenvalue weighted by atomic mass is 9.97. The van der Waals surface area contributed by atoms with Gasteiger partial charge in [0.05, 0.1) is 7.11 Å². The summed E-state index contributed by atoms with van der Waals surface area (Å²) < 4.78 is 18.8. The van der Waals surface area contributed by atoms with Gasteiger partial charge in [0, 0.05) is 56.3 Å². The lowest BCUT2D eigenvalue weighted by molar-refractivity contribution is -0.144. The van der Waals surface area contributed by atoms with E-state index in [0.717, 1.165) is 0 Å². The number of nitrogens with one attached hydrogen (secondary N) is 2. The predicted octanol–water partition coefficient (Wildman–Crippen LogP) is 0.0371. The Hall–Kier alpha value is -2.88. The van der Waals surface area contributed by atoms with Gasteiger partial charge in [-0.25, -0.2) is 9.18 Å². The fraction of sp³-hybridized carbons (Fsp3) is 0.500. The minimum atomic E-state index is -2.08. The Morgan fingerprint density at radius 3 is 2.54 bits per heavy atom. The monoisotopic (exact) mass is 394 g/mol. The molecule has 0 aromatic heterocycles. The molecule has 1 aromatic rings. The van der Waals surface area contributed by atoms with E-state index in [1.165, 1.54) is 19.2 Å². The van der Waals surface area contributed by atoms with E-state index >= 15 is 0 Å². The first-order valence-electron chi connectivity index (χ1n) is 8.96. The number of carbonyl (C=O) groups excluding carboxylic acids is 3. The zero-order chi connectivity index (χ0) is 20.5. The van der Waals surface area contributed by atoms with Crippen molar-refractivity contribution in [1.82, 2.24) is 15.5 Å². The van der Waals surface area contributed by atoms with E-state index in [-0.39, 0.29) is 12.3 Å². The van der Waals surface area contributed by atoms with Crippen LogP contribution in [0, 0.1) is 11.7 Å². The van der Waals surface area contributed by atoms with Crippen LogP contribution in [0.5, 0.6) is 5.75 Å². The van der Waals surface area contributed by atoms with Crippen molar-refractivity contribution in [3.63, 3.8) is 0 Å². The highest BCUT2D eigenvalue weighted by Crippen LogP contribution is 2.25. The van der Waals surface area contributed by atoms with Crippen LogP contribution in [0.4, 0.5) is 14.9 Å². The van der Waals surface area contributed by atoms with Gasteiger partial charge in [0.25, 0.3) is 5.91 Å². The van der Waals surface area contributed by atoms with Crippen LogP contribution in [0.15, 0.2) is 18.2 Å². The van der Waals surface area contributed by atoms with Crippen LogP contribution >= 0.6 is 0 Å². The summed E-state index contributed by atoms with van der Waals surface area (Å²) in [5.41, 5.74) is -1.40. The number of imide groups is 1. The molecular weight excluding hydrogens is 371 g/mol. The number of halogens is 1. The van der Waals surface area contributed by atoms with Gasteiger partial charge in [0.15, 0.2) is 0 Å². The number of nitrogens with zero attached hydrogens (tertiary/aromatic N) is 2. The van der Waals surface area contributed by atoms with Crippen molar-refractivity contribution in [1.29, 1.82) is 0 Å². The standard InChI is InChI=1S/C18H23FN4O5/c1-11(10-18(27)16(25)20-17(26)21-18)15(24)23-5-3-22(4-6-23)13-7-12(19)8-14(9-13)28-2/h7-9,11,27H,3-6,10H2,1-2H3,(H2,20,21,25,26)/t11-,18+/m1/s1. The summed E-state index contributed by atoms with van der Waals surface area (Å²) in [4.78, 5) is 39.2. The Morgan fingerprint density at radius 1 is 1.29 bits per heavy atom. The maximum absolute atomic E-state index is 13.7. The molecular formula is C18H23FN4O5. The van der Waals surface area contributed by atoms with Gasteiger partial charge in [-0.1, -0.05) is 6.92 Å². The second kappa shape index (κ2) is 7.63. The molecule has 0 saturated carbocycles. The molecule has 28 heavy (non-hydrogen) atoms.